The highest BCUT2D eigenvalue weighted by Crippen LogP contribution is 2.33. The summed E-state index contributed by atoms with van der Waals surface area (Å²) in [6.07, 6.45) is 4.84. The van der Waals surface area contributed by atoms with Crippen LogP contribution in [0.3, 0.4) is 0 Å². The molecule has 33 heavy (non-hydrogen) atoms. The quantitative estimate of drug-likeness (QED) is 0.505. The third-order valence-corrected chi connectivity index (χ3v) is 6.21. The van der Waals surface area contributed by atoms with E-state index < -0.39 is 10.0 Å². The number of primary sulfonamides is 1. The van der Waals surface area contributed by atoms with Crippen molar-refractivity contribution in [3.63, 3.8) is 0 Å². The van der Waals surface area contributed by atoms with Crippen LogP contribution in [0.5, 0.6) is 5.88 Å². The molecule has 1 saturated heterocycles. The summed E-state index contributed by atoms with van der Waals surface area (Å²) >= 11 is 0. The van der Waals surface area contributed by atoms with Crippen LogP contribution in [0.15, 0.2) is 41.6 Å². The molecule has 4 rings (SSSR count). The first kappa shape index (κ1) is 23.3. The van der Waals surface area contributed by atoms with Crippen LogP contribution in [-0.2, 0) is 19.5 Å². The predicted octanol–water partition coefficient (Wildman–Crippen LogP) is 2.34. The topological polar surface area (TPSA) is 139 Å². The van der Waals surface area contributed by atoms with Gasteiger partial charge in [-0.15, -0.1) is 0 Å². The molecule has 10 nitrogen and oxygen atoms in total. The maximum atomic E-state index is 11.9. The Labute approximate surface area is 192 Å². The van der Waals surface area contributed by atoms with Crippen molar-refractivity contribution in [2.75, 3.05) is 32.2 Å². The van der Waals surface area contributed by atoms with Gasteiger partial charge in [0, 0.05) is 44.0 Å². The number of aromatic nitrogens is 3. The first-order valence-electron chi connectivity index (χ1n) is 10.6. The molecule has 0 saturated carbocycles. The van der Waals surface area contributed by atoms with Gasteiger partial charge in [0.2, 0.25) is 21.9 Å². The van der Waals surface area contributed by atoms with Gasteiger partial charge < -0.3 is 19.5 Å². The largest absolute Gasteiger partial charge is 0.474 e. The van der Waals surface area contributed by atoms with E-state index in [1.165, 1.54) is 12.1 Å². The van der Waals surface area contributed by atoms with Crippen LogP contribution in [0, 0.1) is 0 Å². The number of rotatable bonds is 8. The van der Waals surface area contributed by atoms with E-state index in [0.29, 0.717) is 53.7 Å². The molecule has 3 N–H and O–H groups in total. The molecule has 0 amide bonds. The summed E-state index contributed by atoms with van der Waals surface area (Å²) in [5.74, 6) is 0.846. The van der Waals surface area contributed by atoms with E-state index in [9.17, 15) is 8.42 Å². The van der Waals surface area contributed by atoms with Crippen LogP contribution in [0.25, 0.3) is 22.0 Å². The van der Waals surface area contributed by atoms with Gasteiger partial charge in [0.05, 0.1) is 35.6 Å². The lowest BCUT2D eigenvalue weighted by molar-refractivity contribution is 0.0244. The summed E-state index contributed by atoms with van der Waals surface area (Å²) in [6, 6.07) is 6.36. The molecular weight excluding hydrogens is 446 g/mol. The second kappa shape index (κ2) is 9.96. The second-order valence-corrected chi connectivity index (χ2v) is 9.50. The first-order valence-corrected chi connectivity index (χ1v) is 12.2. The van der Waals surface area contributed by atoms with Gasteiger partial charge in [-0.1, -0.05) is 12.1 Å². The van der Waals surface area contributed by atoms with Crippen LogP contribution in [0.2, 0.25) is 0 Å². The number of nitrogens with two attached hydrogens (primary N) is 1. The third kappa shape index (κ3) is 5.56. The number of hydrogen-bond acceptors (Lipinski definition) is 9. The summed E-state index contributed by atoms with van der Waals surface area (Å²) < 4.78 is 40.5. The normalized spacial score (nSPS) is 16.0. The zero-order valence-corrected chi connectivity index (χ0v) is 19.3. The number of nitrogens with zero attached hydrogens (tertiary/aromatic N) is 3. The Morgan fingerprint density at radius 3 is 2.76 bits per heavy atom. The number of fused-ring (bicyclic) bond motifs is 1. The van der Waals surface area contributed by atoms with E-state index in [1.807, 2.05) is 6.92 Å². The summed E-state index contributed by atoms with van der Waals surface area (Å²) in [7, 11) is -2.23. The van der Waals surface area contributed by atoms with E-state index in [2.05, 4.69) is 15.3 Å². The van der Waals surface area contributed by atoms with Gasteiger partial charge in [0.25, 0.3) is 0 Å². The van der Waals surface area contributed by atoms with E-state index in [-0.39, 0.29) is 17.0 Å². The SMILES string of the molecule is COC[C@H](C)Nc1ncc2c(OC3CCOCC3)ncc(-c3cccc(S(N)(=O)=O)c3)c2n1. The van der Waals surface area contributed by atoms with Gasteiger partial charge in [0.1, 0.15) is 6.10 Å². The number of sulfonamides is 1. The van der Waals surface area contributed by atoms with Gasteiger partial charge in [-0.05, 0) is 24.6 Å². The zero-order valence-electron chi connectivity index (χ0n) is 18.5. The van der Waals surface area contributed by atoms with Gasteiger partial charge in [0.15, 0.2) is 0 Å². The van der Waals surface area contributed by atoms with E-state index in [4.69, 9.17) is 24.3 Å². The molecule has 2 aromatic heterocycles. The predicted molar refractivity (Wildman–Crippen MR) is 124 cm³/mol. The molecule has 0 aliphatic carbocycles. The summed E-state index contributed by atoms with van der Waals surface area (Å²) in [5.41, 5.74) is 1.84. The Bertz CT molecular complexity index is 1230. The first-order chi connectivity index (χ1) is 15.8. The fourth-order valence-corrected chi connectivity index (χ4v) is 4.24. The second-order valence-electron chi connectivity index (χ2n) is 7.94. The smallest absolute Gasteiger partial charge is 0.238 e. The Hall–Kier alpha value is -2.86. The minimum Gasteiger partial charge on any atom is -0.474 e. The minimum absolute atomic E-state index is 0.00876. The standard InChI is InChI=1S/C22H27N5O5S/c1-14(13-30-2)26-22-25-12-19-20(27-22)18(15-4-3-5-17(10-15)33(23,28)29)11-24-21(19)32-16-6-8-31-9-7-16/h3-5,10-12,14,16H,6-9,13H2,1-2H3,(H2,23,28,29)(H,25,26,27)/t14-/m0/s1. The fourth-order valence-electron chi connectivity index (χ4n) is 3.68. The number of anilines is 1. The minimum atomic E-state index is -3.86. The van der Waals surface area contributed by atoms with Crippen LogP contribution < -0.4 is 15.2 Å². The third-order valence-electron chi connectivity index (χ3n) is 5.30. The molecular formula is C22H27N5O5S. The van der Waals surface area contributed by atoms with E-state index >= 15 is 0 Å². The van der Waals surface area contributed by atoms with Crippen molar-refractivity contribution in [2.45, 2.75) is 36.8 Å². The number of methoxy groups -OCH3 is 1. The van der Waals surface area contributed by atoms with Crippen molar-refractivity contribution in [1.29, 1.82) is 0 Å². The fraction of sp³-hybridized carbons (Fsp3) is 0.409. The van der Waals surface area contributed by atoms with Crippen LogP contribution in [-0.4, -0.2) is 62.4 Å². The van der Waals surface area contributed by atoms with E-state index in [0.717, 1.165) is 12.8 Å². The van der Waals surface area contributed by atoms with Crippen molar-refractivity contribution in [3.05, 3.63) is 36.7 Å². The van der Waals surface area contributed by atoms with Gasteiger partial charge in [-0.2, -0.15) is 0 Å². The van der Waals surface area contributed by atoms with Crippen molar-refractivity contribution in [2.24, 2.45) is 5.14 Å². The highest BCUT2D eigenvalue weighted by atomic mass is 32.2. The number of benzene rings is 1. The molecule has 1 fully saturated rings. The van der Waals surface area contributed by atoms with E-state index in [1.54, 1.807) is 31.6 Å². The molecule has 3 heterocycles. The van der Waals surface area contributed by atoms with Crippen LogP contribution >= 0.6 is 0 Å². The highest BCUT2D eigenvalue weighted by molar-refractivity contribution is 7.89. The van der Waals surface area contributed by atoms with Gasteiger partial charge in [-0.3, -0.25) is 0 Å². The highest BCUT2D eigenvalue weighted by Gasteiger charge is 2.20. The molecule has 1 aliphatic heterocycles. The van der Waals surface area contributed by atoms with Crippen LogP contribution in [0.1, 0.15) is 19.8 Å². The number of pyridine rings is 1. The Morgan fingerprint density at radius 2 is 2.03 bits per heavy atom. The molecule has 0 radical (unpaired) electrons. The van der Waals surface area contributed by atoms with Crippen molar-refractivity contribution in [3.8, 4) is 17.0 Å². The Kier molecular flexibility index (Phi) is 7.03. The van der Waals surface area contributed by atoms with Crippen LogP contribution in [0.4, 0.5) is 5.95 Å². The molecule has 0 bridgehead atoms. The number of nitrogens with one attached hydrogen (secondary N) is 1. The zero-order chi connectivity index (χ0) is 23.4. The molecule has 0 unspecified atom stereocenters. The molecule has 1 aromatic carbocycles. The molecule has 1 atom stereocenters. The lowest BCUT2D eigenvalue weighted by Crippen LogP contribution is -2.26. The Morgan fingerprint density at radius 1 is 1.24 bits per heavy atom. The van der Waals surface area contributed by atoms with Crippen molar-refractivity contribution < 1.29 is 22.6 Å². The summed E-state index contributed by atoms with van der Waals surface area (Å²) in [4.78, 5) is 13.7. The monoisotopic (exact) mass is 473 g/mol. The summed E-state index contributed by atoms with van der Waals surface area (Å²) in [5, 5.41) is 9.17. The van der Waals surface area contributed by atoms with Gasteiger partial charge >= 0.3 is 0 Å². The maximum absolute atomic E-state index is 11.9. The molecule has 0 spiro atoms. The average Bonchev–Trinajstić information content (AvgIpc) is 2.79. The lowest BCUT2D eigenvalue weighted by atomic mass is 10.1. The lowest BCUT2D eigenvalue weighted by Gasteiger charge is -2.23. The summed E-state index contributed by atoms with van der Waals surface area (Å²) in [6.45, 7) is 3.73. The van der Waals surface area contributed by atoms with Crippen molar-refractivity contribution >= 4 is 26.9 Å². The van der Waals surface area contributed by atoms with Gasteiger partial charge in [-0.25, -0.2) is 28.5 Å². The molecule has 1 aliphatic rings. The van der Waals surface area contributed by atoms with Crippen molar-refractivity contribution in [1.82, 2.24) is 15.0 Å². The molecule has 176 valence electrons. The maximum Gasteiger partial charge on any atom is 0.238 e. The number of ether oxygens (including phenoxy) is 3. The molecule has 11 heteroatoms. The number of hydrogen-bond donors (Lipinski definition) is 2. The Balaban J connectivity index is 1.80. The average molecular weight is 474 g/mol. The molecule has 3 aromatic rings.